The van der Waals surface area contributed by atoms with E-state index in [0.29, 0.717) is 5.69 Å². The third kappa shape index (κ3) is 2.61. The molecule has 0 bridgehead atoms. The number of anilines is 1. The summed E-state index contributed by atoms with van der Waals surface area (Å²) in [5.74, 6) is -0.758. The maximum atomic E-state index is 13.3. The molecule has 5 heteroatoms. The van der Waals surface area contributed by atoms with Crippen LogP contribution in [0.3, 0.4) is 0 Å². The SMILES string of the molecule is Cc1cc(F)cc(N2CCC(=O)NCC2=O)c1. The molecule has 0 spiro atoms. The van der Waals surface area contributed by atoms with Crippen LogP contribution < -0.4 is 10.2 Å². The lowest BCUT2D eigenvalue weighted by Gasteiger charge is -2.20. The van der Waals surface area contributed by atoms with Crippen LogP contribution in [0.15, 0.2) is 18.2 Å². The highest BCUT2D eigenvalue weighted by Crippen LogP contribution is 2.19. The van der Waals surface area contributed by atoms with Crippen LogP contribution in [0.25, 0.3) is 0 Å². The summed E-state index contributed by atoms with van der Waals surface area (Å²) in [4.78, 5) is 24.4. The molecule has 0 unspecified atom stereocenters. The molecule has 1 fully saturated rings. The Morgan fingerprint density at radius 3 is 2.76 bits per heavy atom. The molecule has 1 saturated heterocycles. The second kappa shape index (κ2) is 4.53. The number of halogens is 1. The van der Waals surface area contributed by atoms with Crippen LogP contribution in [0.1, 0.15) is 12.0 Å². The van der Waals surface area contributed by atoms with Gasteiger partial charge in [0.2, 0.25) is 11.8 Å². The van der Waals surface area contributed by atoms with Gasteiger partial charge >= 0.3 is 0 Å². The van der Waals surface area contributed by atoms with Gasteiger partial charge in [-0.3, -0.25) is 9.59 Å². The zero-order chi connectivity index (χ0) is 12.4. The second-order valence-electron chi connectivity index (χ2n) is 4.06. The molecule has 1 aromatic rings. The van der Waals surface area contributed by atoms with Crippen molar-refractivity contribution in [2.45, 2.75) is 13.3 Å². The molecule has 1 N–H and O–H groups in total. The second-order valence-corrected chi connectivity index (χ2v) is 4.06. The maximum Gasteiger partial charge on any atom is 0.246 e. The number of benzene rings is 1. The third-order valence-corrected chi connectivity index (χ3v) is 2.64. The Morgan fingerprint density at radius 1 is 1.29 bits per heavy atom. The first kappa shape index (κ1) is 11.6. The smallest absolute Gasteiger partial charge is 0.246 e. The van der Waals surface area contributed by atoms with Crippen molar-refractivity contribution in [2.75, 3.05) is 18.0 Å². The molecule has 1 aliphatic rings. The molecule has 0 aliphatic carbocycles. The molecule has 1 heterocycles. The molecule has 4 nitrogen and oxygen atoms in total. The highest BCUT2D eigenvalue weighted by molar-refractivity contribution is 5.98. The fourth-order valence-corrected chi connectivity index (χ4v) is 1.84. The third-order valence-electron chi connectivity index (χ3n) is 2.64. The van der Waals surface area contributed by atoms with E-state index in [1.54, 1.807) is 13.0 Å². The summed E-state index contributed by atoms with van der Waals surface area (Å²) in [7, 11) is 0. The summed E-state index contributed by atoms with van der Waals surface area (Å²) in [6, 6.07) is 4.44. The standard InChI is InChI=1S/C12H13FN2O2/c1-8-4-9(13)6-10(5-8)15-3-2-11(16)14-7-12(15)17/h4-6H,2-3,7H2,1H3,(H,14,16). The van der Waals surface area contributed by atoms with E-state index in [1.165, 1.54) is 17.0 Å². The molecule has 2 rings (SSSR count). The lowest BCUT2D eigenvalue weighted by Crippen LogP contribution is -2.35. The average molecular weight is 236 g/mol. The number of hydrogen-bond acceptors (Lipinski definition) is 2. The van der Waals surface area contributed by atoms with Crippen LogP contribution >= 0.6 is 0 Å². The zero-order valence-corrected chi connectivity index (χ0v) is 9.50. The van der Waals surface area contributed by atoms with Crippen molar-refractivity contribution in [3.8, 4) is 0 Å². The number of carbonyl (C=O) groups is 2. The van der Waals surface area contributed by atoms with E-state index in [9.17, 15) is 14.0 Å². The van der Waals surface area contributed by atoms with E-state index >= 15 is 0 Å². The quantitative estimate of drug-likeness (QED) is 0.790. The van der Waals surface area contributed by atoms with Crippen LogP contribution in [0, 0.1) is 12.7 Å². The lowest BCUT2D eigenvalue weighted by atomic mass is 10.2. The lowest BCUT2D eigenvalue weighted by molar-refractivity contribution is -0.123. The van der Waals surface area contributed by atoms with Gasteiger partial charge in [-0.15, -0.1) is 0 Å². The fourth-order valence-electron chi connectivity index (χ4n) is 1.84. The van der Waals surface area contributed by atoms with Gasteiger partial charge in [0.05, 0.1) is 6.54 Å². The molecular formula is C12H13FN2O2. The van der Waals surface area contributed by atoms with E-state index in [1.807, 2.05) is 0 Å². The Morgan fingerprint density at radius 2 is 2.06 bits per heavy atom. The van der Waals surface area contributed by atoms with Gasteiger partial charge in [0.15, 0.2) is 0 Å². The first-order valence-electron chi connectivity index (χ1n) is 5.40. The largest absolute Gasteiger partial charge is 0.347 e. The van der Waals surface area contributed by atoms with Crippen LogP contribution in [0.2, 0.25) is 0 Å². The molecule has 1 aliphatic heterocycles. The van der Waals surface area contributed by atoms with Crippen molar-refractivity contribution in [2.24, 2.45) is 0 Å². The van der Waals surface area contributed by atoms with E-state index in [2.05, 4.69) is 5.32 Å². The summed E-state index contributed by atoms with van der Waals surface area (Å²) in [5, 5.41) is 2.50. The van der Waals surface area contributed by atoms with Crippen LogP contribution in [-0.4, -0.2) is 24.9 Å². The number of nitrogens with zero attached hydrogens (tertiary/aromatic N) is 1. The van der Waals surface area contributed by atoms with Gasteiger partial charge in [0.25, 0.3) is 0 Å². The summed E-state index contributed by atoms with van der Waals surface area (Å²) >= 11 is 0. The minimum absolute atomic E-state index is 0.0333. The molecule has 0 saturated carbocycles. The number of aryl methyl sites for hydroxylation is 1. The van der Waals surface area contributed by atoms with Gasteiger partial charge in [0, 0.05) is 18.7 Å². The van der Waals surface area contributed by atoms with E-state index in [4.69, 9.17) is 0 Å². The van der Waals surface area contributed by atoms with E-state index < -0.39 is 0 Å². The van der Waals surface area contributed by atoms with Crippen LogP contribution in [0.4, 0.5) is 10.1 Å². The minimum atomic E-state index is -0.378. The molecule has 90 valence electrons. The predicted octanol–water partition coefficient (Wildman–Crippen LogP) is 0.987. The Labute approximate surface area is 98.4 Å². The first-order valence-corrected chi connectivity index (χ1v) is 5.40. The van der Waals surface area contributed by atoms with Gasteiger partial charge in [-0.1, -0.05) is 0 Å². The Kier molecular flexibility index (Phi) is 3.08. The van der Waals surface area contributed by atoms with Crippen molar-refractivity contribution in [1.82, 2.24) is 5.32 Å². The van der Waals surface area contributed by atoms with Crippen molar-refractivity contribution >= 4 is 17.5 Å². The van der Waals surface area contributed by atoms with Crippen LogP contribution in [0.5, 0.6) is 0 Å². The van der Waals surface area contributed by atoms with E-state index in [0.717, 1.165) is 5.56 Å². The zero-order valence-electron chi connectivity index (χ0n) is 9.50. The highest BCUT2D eigenvalue weighted by Gasteiger charge is 2.21. The molecule has 1 aromatic carbocycles. The number of amides is 2. The molecule has 17 heavy (non-hydrogen) atoms. The van der Waals surface area contributed by atoms with Crippen molar-refractivity contribution in [3.63, 3.8) is 0 Å². The Hall–Kier alpha value is -1.91. The summed E-state index contributed by atoms with van der Waals surface area (Å²) in [6.45, 7) is 2.01. The molecule has 0 aromatic heterocycles. The first-order chi connectivity index (χ1) is 8.06. The van der Waals surface area contributed by atoms with Gasteiger partial charge in [-0.05, 0) is 30.7 Å². The summed E-state index contributed by atoms with van der Waals surface area (Å²) in [6.07, 6.45) is 0.237. The van der Waals surface area contributed by atoms with Crippen LogP contribution in [-0.2, 0) is 9.59 Å². The van der Waals surface area contributed by atoms with E-state index in [-0.39, 0.29) is 37.1 Å². The molecule has 0 atom stereocenters. The summed E-state index contributed by atoms with van der Waals surface area (Å²) < 4.78 is 13.3. The molecule has 0 radical (unpaired) electrons. The summed E-state index contributed by atoms with van der Waals surface area (Å²) in [5.41, 5.74) is 1.25. The van der Waals surface area contributed by atoms with Gasteiger partial charge in [-0.2, -0.15) is 0 Å². The van der Waals surface area contributed by atoms with Crippen molar-refractivity contribution < 1.29 is 14.0 Å². The fraction of sp³-hybridized carbons (Fsp3) is 0.333. The van der Waals surface area contributed by atoms with Crippen molar-refractivity contribution in [1.29, 1.82) is 0 Å². The number of hydrogen-bond donors (Lipinski definition) is 1. The van der Waals surface area contributed by atoms with Crippen molar-refractivity contribution in [3.05, 3.63) is 29.6 Å². The number of rotatable bonds is 1. The number of nitrogens with one attached hydrogen (secondary N) is 1. The molecular weight excluding hydrogens is 223 g/mol. The Balaban J connectivity index is 2.30. The minimum Gasteiger partial charge on any atom is -0.347 e. The normalized spacial score (nSPS) is 16.7. The topological polar surface area (TPSA) is 49.4 Å². The van der Waals surface area contributed by atoms with Gasteiger partial charge < -0.3 is 10.2 Å². The predicted molar refractivity (Wildman–Crippen MR) is 61.1 cm³/mol. The monoisotopic (exact) mass is 236 g/mol. The Bertz CT molecular complexity index is 453. The highest BCUT2D eigenvalue weighted by atomic mass is 19.1. The van der Waals surface area contributed by atoms with Gasteiger partial charge in [0.1, 0.15) is 5.82 Å². The number of carbonyl (C=O) groups excluding carboxylic acids is 2. The van der Waals surface area contributed by atoms with Gasteiger partial charge in [-0.25, -0.2) is 4.39 Å². The maximum absolute atomic E-state index is 13.3. The average Bonchev–Trinajstić information content (AvgIpc) is 2.40. The molecule has 2 amide bonds.